The molecule has 1 aromatic carbocycles. The van der Waals surface area contributed by atoms with Crippen LogP contribution in [-0.2, 0) is 6.54 Å². The lowest BCUT2D eigenvalue weighted by Gasteiger charge is -2.36. The highest BCUT2D eigenvalue weighted by atomic mass is 19.3. The van der Waals surface area contributed by atoms with Gasteiger partial charge in [0.25, 0.3) is 12.0 Å². The summed E-state index contributed by atoms with van der Waals surface area (Å²) in [6.45, 7) is 4.46. The topological polar surface area (TPSA) is 67.2 Å². The van der Waals surface area contributed by atoms with Crippen molar-refractivity contribution in [1.82, 2.24) is 19.7 Å². The molecule has 0 unspecified atom stereocenters. The molecule has 0 radical (unpaired) electrons. The van der Waals surface area contributed by atoms with Crippen molar-refractivity contribution < 1.29 is 8.78 Å². The number of hydrogen-bond donors (Lipinski definition) is 0. The first-order valence-corrected chi connectivity index (χ1v) is 9.09. The summed E-state index contributed by atoms with van der Waals surface area (Å²) in [6.07, 6.45) is -1.40. The summed E-state index contributed by atoms with van der Waals surface area (Å²) in [5, 5.41) is 8.69. The minimum atomic E-state index is -2.59. The Hall–Kier alpha value is -3.10. The van der Waals surface area contributed by atoms with E-state index in [0.717, 1.165) is 47.9 Å². The Morgan fingerprint density at radius 2 is 1.79 bits per heavy atom. The first-order valence-electron chi connectivity index (χ1n) is 9.09. The quantitative estimate of drug-likeness (QED) is 0.684. The van der Waals surface area contributed by atoms with E-state index in [1.165, 1.54) is 6.33 Å². The molecule has 7 nitrogen and oxygen atoms in total. The molecule has 9 heteroatoms. The zero-order valence-electron chi connectivity index (χ0n) is 15.4. The molecule has 2 aromatic heterocycles. The summed E-state index contributed by atoms with van der Waals surface area (Å²) in [5.74, 6) is 0.866. The monoisotopic (exact) mass is 386 g/mol. The first-order chi connectivity index (χ1) is 13.5. The van der Waals surface area contributed by atoms with E-state index in [-0.39, 0.29) is 0 Å². The van der Waals surface area contributed by atoms with Crippen molar-refractivity contribution in [2.45, 2.75) is 19.9 Å². The maximum absolute atomic E-state index is 12.6. The molecule has 1 saturated heterocycles. The molecule has 0 atom stereocenters. The fraction of sp³-hybridized carbons (Fsp3) is 0.368. The third kappa shape index (κ3) is 3.64. The van der Waals surface area contributed by atoms with Gasteiger partial charge in [-0.1, -0.05) is 0 Å². The molecule has 1 aliphatic heterocycles. The fourth-order valence-electron chi connectivity index (χ4n) is 3.38. The lowest BCUT2D eigenvalue weighted by Crippen LogP contribution is -2.46. The standard InChI is InChI=1S/C19H20F2N6O/c1-13-2-5-18(24-23-13)26-8-6-25(7-9-26)14-3-4-15-16(10-14)22-12-27(19(15)28)11-17(20)21/h2-5,10,12,17H,6-9,11H2,1H3. The number of aryl methyl sites for hydroxylation is 1. The van der Waals surface area contributed by atoms with E-state index in [0.29, 0.717) is 10.9 Å². The van der Waals surface area contributed by atoms with Gasteiger partial charge in [-0.2, -0.15) is 5.10 Å². The molecule has 0 spiro atoms. The van der Waals surface area contributed by atoms with Crippen LogP contribution in [0.5, 0.6) is 0 Å². The molecule has 28 heavy (non-hydrogen) atoms. The van der Waals surface area contributed by atoms with Crippen molar-refractivity contribution in [3.05, 3.63) is 52.7 Å². The zero-order chi connectivity index (χ0) is 19.7. The summed E-state index contributed by atoms with van der Waals surface area (Å²) in [7, 11) is 0. The van der Waals surface area contributed by atoms with Gasteiger partial charge in [-0.25, -0.2) is 13.8 Å². The van der Waals surface area contributed by atoms with Gasteiger partial charge in [0.15, 0.2) is 5.82 Å². The summed E-state index contributed by atoms with van der Waals surface area (Å²) < 4.78 is 26.1. The molecule has 1 fully saturated rings. The molecule has 0 saturated carbocycles. The van der Waals surface area contributed by atoms with Crippen LogP contribution in [0, 0.1) is 6.92 Å². The Kier molecular flexibility index (Phi) is 4.89. The number of hydrogen-bond acceptors (Lipinski definition) is 6. The average molecular weight is 386 g/mol. The SMILES string of the molecule is Cc1ccc(N2CCN(c3ccc4c(=O)n(CC(F)F)cnc4c3)CC2)nn1. The Bertz CT molecular complexity index is 1030. The van der Waals surface area contributed by atoms with E-state index in [4.69, 9.17) is 0 Å². The van der Waals surface area contributed by atoms with Gasteiger partial charge in [0, 0.05) is 31.9 Å². The second-order valence-electron chi connectivity index (χ2n) is 6.80. The highest BCUT2D eigenvalue weighted by molar-refractivity contribution is 5.81. The van der Waals surface area contributed by atoms with E-state index in [9.17, 15) is 13.6 Å². The molecule has 1 aliphatic rings. The number of fused-ring (bicyclic) bond motifs is 1. The number of anilines is 2. The van der Waals surface area contributed by atoms with Crippen LogP contribution in [0.1, 0.15) is 5.69 Å². The number of nitrogens with zero attached hydrogens (tertiary/aromatic N) is 6. The van der Waals surface area contributed by atoms with Gasteiger partial charge in [-0.15, -0.1) is 5.10 Å². The van der Waals surface area contributed by atoms with Gasteiger partial charge in [-0.05, 0) is 37.3 Å². The van der Waals surface area contributed by atoms with Crippen molar-refractivity contribution in [2.24, 2.45) is 0 Å². The Morgan fingerprint density at radius 3 is 2.46 bits per heavy atom. The summed E-state index contributed by atoms with van der Waals surface area (Å²) in [4.78, 5) is 20.9. The number of rotatable bonds is 4. The van der Waals surface area contributed by atoms with Crippen molar-refractivity contribution >= 4 is 22.4 Å². The Balaban J connectivity index is 1.51. The van der Waals surface area contributed by atoms with Crippen molar-refractivity contribution in [1.29, 1.82) is 0 Å². The van der Waals surface area contributed by atoms with Crippen molar-refractivity contribution in [3.8, 4) is 0 Å². The van der Waals surface area contributed by atoms with Gasteiger partial charge in [0.05, 0.1) is 29.5 Å². The van der Waals surface area contributed by atoms with Crippen LogP contribution < -0.4 is 15.4 Å². The summed E-state index contributed by atoms with van der Waals surface area (Å²) >= 11 is 0. The average Bonchev–Trinajstić information content (AvgIpc) is 2.70. The molecular weight excluding hydrogens is 366 g/mol. The van der Waals surface area contributed by atoms with Gasteiger partial charge >= 0.3 is 0 Å². The number of benzene rings is 1. The second-order valence-corrected chi connectivity index (χ2v) is 6.80. The normalized spacial score (nSPS) is 14.9. The zero-order valence-corrected chi connectivity index (χ0v) is 15.4. The summed E-state index contributed by atoms with van der Waals surface area (Å²) in [6, 6.07) is 9.27. The number of piperazine rings is 1. The summed E-state index contributed by atoms with van der Waals surface area (Å²) in [5.41, 5.74) is 1.92. The highest BCUT2D eigenvalue weighted by Crippen LogP contribution is 2.22. The third-order valence-electron chi connectivity index (χ3n) is 4.90. The van der Waals surface area contributed by atoms with Crippen LogP contribution in [-0.4, -0.2) is 52.4 Å². The minimum Gasteiger partial charge on any atom is -0.368 e. The number of aromatic nitrogens is 4. The fourth-order valence-corrected chi connectivity index (χ4v) is 3.38. The molecule has 0 N–H and O–H groups in total. The molecule has 146 valence electrons. The lowest BCUT2D eigenvalue weighted by molar-refractivity contribution is 0.125. The maximum atomic E-state index is 12.6. The third-order valence-corrected chi connectivity index (χ3v) is 4.90. The second kappa shape index (κ2) is 7.49. The van der Waals surface area contributed by atoms with Gasteiger partial charge in [0.2, 0.25) is 0 Å². The smallest absolute Gasteiger partial charge is 0.261 e. The van der Waals surface area contributed by atoms with Gasteiger partial charge in [-0.3, -0.25) is 9.36 Å². The van der Waals surface area contributed by atoms with Crippen LogP contribution in [0.2, 0.25) is 0 Å². The van der Waals surface area contributed by atoms with Crippen LogP contribution in [0.15, 0.2) is 41.5 Å². The maximum Gasteiger partial charge on any atom is 0.261 e. The van der Waals surface area contributed by atoms with Crippen LogP contribution >= 0.6 is 0 Å². The van der Waals surface area contributed by atoms with E-state index in [2.05, 4.69) is 25.0 Å². The van der Waals surface area contributed by atoms with Crippen LogP contribution in [0.25, 0.3) is 10.9 Å². The molecular formula is C19H20F2N6O. The van der Waals surface area contributed by atoms with E-state index >= 15 is 0 Å². The van der Waals surface area contributed by atoms with Crippen LogP contribution in [0.4, 0.5) is 20.3 Å². The Labute approximate surface area is 160 Å². The van der Waals surface area contributed by atoms with Gasteiger partial charge in [0.1, 0.15) is 0 Å². The van der Waals surface area contributed by atoms with E-state index in [1.807, 2.05) is 31.2 Å². The first kappa shape index (κ1) is 18.3. The predicted molar refractivity (Wildman–Crippen MR) is 103 cm³/mol. The largest absolute Gasteiger partial charge is 0.368 e. The molecule has 0 aliphatic carbocycles. The number of halogens is 2. The molecule has 0 bridgehead atoms. The Morgan fingerprint density at radius 1 is 1.04 bits per heavy atom. The van der Waals surface area contributed by atoms with Gasteiger partial charge < -0.3 is 9.80 Å². The number of alkyl halides is 2. The molecule has 3 heterocycles. The van der Waals surface area contributed by atoms with Crippen molar-refractivity contribution in [2.75, 3.05) is 36.0 Å². The van der Waals surface area contributed by atoms with E-state index < -0.39 is 18.5 Å². The van der Waals surface area contributed by atoms with E-state index in [1.54, 1.807) is 6.07 Å². The highest BCUT2D eigenvalue weighted by Gasteiger charge is 2.19. The van der Waals surface area contributed by atoms with Crippen molar-refractivity contribution in [3.63, 3.8) is 0 Å². The molecule has 3 aromatic rings. The molecule has 0 amide bonds. The lowest BCUT2D eigenvalue weighted by atomic mass is 10.2. The van der Waals surface area contributed by atoms with Crippen LogP contribution in [0.3, 0.4) is 0 Å². The minimum absolute atomic E-state index is 0.348. The molecule has 4 rings (SSSR count). The predicted octanol–water partition coefficient (Wildman–Crippen LogP) is 2.09.